The first kappa shape index (κ1) is 30.1. The fourth-order valence-corrected chi connectivity index (χ4v) is 5.39. The number of esters is 1. The number of piperidine rings is 1. The fourth-order valence-electron chi connectivity index (χ4n) is 5.39. The van der Waals surface area contributed by atoms with Crippen LogP contribution in [0.1, 0.15) is 55.8 Å². The molecule has 0 bridgehead atoms. The second kappa shape index (κ2) is 12.5. The molecule has 5 rings (SSSR count). The van der Waals surface area contributed by atoms with Crippen LogP contribution in [-0.2, 0) is 35.3 Å². The van der Waals surface area contributed by atoms with Gasteiger partial charge in [0, 0.05) is 51.1 Å². The number of methoxy groups -OCH3 is 1. The molecule has 226 valence electrons. The zero-order valence-electron chi connectivity index (χ0n) is 23.7. The van der Waals surface area contributed by atoms with E-state index in [4.69, 9.17) is 4.74 Å². The molecule has 43 heavy (non-hydrogen) atoms. The van der Waals surface area contributed by atoms with Crippen LogP contribution in [0.2, 0.25) is 0 Å². The Hall–Kier alpha value is -4.38. The number of carbonyl (C=O) groups is 3. The standard InChI is InChI=1S/C32H32F3N3O5/c1-42-29(40)26-10-2-22(3-11-26)18-36-28(39)25-8-4-24(5-9-25)20-38-21-31(43-30(38)41)14-16-37(17-15-31)19-23-6-12-27(13-7-23)32(33,34)35/h2-13H,14-21H2,1H3,(H,36,39). The van der Waals surface area contributed by atoms with Gasteiger partial charge in [-0.2, -0.15) is 13.2 Å². The number of hydrogen-bond donors (Lipinski definition) is 1. The largest absolute Gasteiger partial charge is 0.465 e. The van der Waals surface area contributed by atoms with E-state index in [0.717, 1.165) is 28.8 Å². The SMILES string of the molecule is COC(=O)c1ccc(CNC(=O)c2ccc(CN3CC4(CCN(Cc5ccc(C(F)(F)F)cc5)CC4)OC3=O)cc2)cc1. The first-order valence-corrected chi connectivity index (χ1v) is 13.9. The molecule has 2 aliphatic heterocycles. The molecule has 3 aromatic carbocycles. The molecule has 0 atom stereocenters. The van der Waals surface area contributed by atoms with Crippen molar-refractivity contribution in [3.63, 3.8) is 0 Å². The maximum Gasteiger partial charge on any atom is 0.416 e. The minimum atomic E-state index is -4.35. The van der Waals surface area contributed by atoms with E-state index in [1.807, 2.05) is 12.1 Å². The summed E-state index contributed by atoms with van der Waals surface area (Å²) < 4.78 is 49.0. The predicted molar refractivity (Wildman–Crippen MR) is 151 cm³/mol. The number of carbonyl (C=O) groups excluding carboxylic acids is 3. The Morgan fingerprint density at radius 3 is 2.02 bits per heavy atom. The van der Waals surface area contributed by atoms with Gasteiger partial charge in [0.15, 0.2) is 0 Å². The number of nitrogens with zero attached hydrogens (tertiary/aromatic N) is 2. The van der Waals surface area contributed by atoms with Gasteiger partial charge < -0.3 is 14.8 Å². The van der Waals surface area contributed by atoms with Crippen LogP contribution in [0, 0.1) is 0 Å². The Balaban J connectivity index is 1.09. The smallest absolute Gasteiger partial charge is 0.416 e. The summed E-state index contributed by atoms with van der Waals surface area (Å²) in [6.07, 6.45) is -3.45. The van der Waals surface area contributed by atoms with Crippen molar-refractivity contribution in [2.75, 3.05) is 26.7 Å². The Morgan fingerprint density at radius 1 is 0.860 bits per heavy atom. The molecule has 2 aliphatic rings. The summed E-state index contributed by atoms with van der Waals surface area (Å²) in [4.78, 5) is 40.7. The van der Waals surface area contributed by atoms with Gasteiger partial charge in [-0.05, 0) is 53.1 Å². The van der Waals surface area contributed by atoms with Gasteiger partial charge in [-0.25, -0.2) is 9.59 Å². The maximum atomic E-state index is 12.8. The summed E-state index contributed by atoms with van der Waals surface area (Å²) in [6, 6.07) is 19.0. The van der Waals surface area contributed by atoms with Gasteiger partial charge in [0.05, 0.1) is 24.8 Å². The van der Waals surface area contributed by atoms with E-state index in [2.05, 4.69) is 15.0 Å². The van der Waals surface area contributed by atoms with Crippen LogP contribution in [0.25, 0.3) is 0 Å². The van der Waals surface area contributed by atoms with Gasteiger partial charge in [-0.3, -0.25) is 14.6 Å². The summed E-state index contributed by atoms with van der Waals surface area (Å²) >= 11 is 0. The van der Waals surface area contributed by atoms with Gasteiger partial charge in [0.2, 0.25) is 0 Å². The lowest BCUT2D eigenvalue weighted by Crippen LogP contribution is -2.46. The molecule has 2 fully saturated rings. The van der Waals surface area contributed by atoms with E-state index in [0.29, 0.717) is 63.2 Å². The van der Waals surface area contributed by atoms with E-state index < -0.39 is 23.3 Å². The van der Waals surface area contributed by atoms with Gasteiger partial charge in [0.1, 0.15) is 5.60 Å². The van der Waals surface area contributed by atoms with Crippen LogP contribution in [0.3, 0.4) is 0 Å². The zero-order chi connectivity index (χ0) is 30.6. The number of benzene rings is 3. The van der Waals surface area contributed by atoms with Crippen molar-refractivity contribution in [1.29, 1.82) is 0 Å². The Bertz CT molecular complexity index is 1450. The van der Waals surface area contributed by atoms with Gasteiger partial charge >= 0.3 is 18.2 Å². The lowest BCUT2D eigenvalue weighted by Gasteiger charge is -2.37. The average Bonchev–Trinajstić information content (AvgIpc) is 3.30. The molecule has 0 radical (unpaired) electrons. The molecule has 1 spiro atoms. The summed E-state index contributed by atoms with van der Waals surface area (Å²) in [7, 11) is 1.32. The summed E-state index contributed by atoms with van der Waals surface area (Å²) in [5, 5.41) is 2.85. The minimum absolute atomic E-state index is 0.244. The molecule has 0 aromatic heterocycles. The first-order chi connectivity index (χ1) is 20.5. The molecule has 0 unspecified atom stereocenters. The van der Waals surface area contributed by atoms with Crippen LogP contribution in [0.15, 0.2) is 72.8 Å². The molecular weight excluding hydrogens is 563 g/mol. The highest BCUT2D eigenvalue weighted by atomic mass is 19.4. The monoisotopic (exact) mass is 595 g/mol. The molecule has 2 amide bonds. The van der Waals surface area contributed by atoms with E-state index in [1.165, 1.54) is 19.2 Å². The van der Waals surface area contributed by atoms with E-state index in [1.54, 1.807) is 41.3 Å². The summed E-state index contributed by atoms with van der Waals surface area (Å²) in [6.45, 7) is 2.98. The second-order valence-corrected chi connectivity index (χ2v) is 10.9. The quantitative estimate of drug-likeness (QED) is 0.351. The van der Waals surface area contributed by atoms with Gasteiger partial charge in [-0.1, -0.05) is 36.4 Å². The molecule has 3 aromatic rings. The molecule has 2 heterocycles. The van der Waals surface area contributed by atoms with E-state index >= 15 is 0 Å². The third kappa shape index (κ3) is 7.34. The highest BCUT2D eigenvalue weighted by molar-refractivity contribution is 5.94. The van der Waals surface area contributed by atoms with Crippen molar-refractivity contribution in [3.8, 4) is 0 Å². The highest BCUT2D eigenvalue weighted by Gasteiger charge is 2.46. The van der Waals surface area contributed by atoms with Crippen LogP contribution in [0.5, 0.6) is 0 Å². The zero-order valence-corrected chi connectivity index (χ0v) is 23.7. The maximum absolute atomic E-state index is 12.8. The molecule has 0 saturated carbocycles. The van der Waals surface area contributed by atoms with Crippen molar-refractivity contribution in [1.82, 2.24) is 15.1 Å². The van der Waals surface area contributed by atoms with Crippen LogP contribution in [-0.4, -0.2) is 60.1 Å². The summed E-state index contributed by atoms with van der Waals surface area (Å²) in [5.74, 6) is -0.667. The molecule has 1 N–H and O–H groups in total. The number of nitrogens with one attached hydrogen (secondary N) is 1. The van der Waals surface area contributed by atoms with Crippen LogP contribution < -0.4 is 5.32 Å². The van der Waals surface area contributed by atoms with Crippen LogP contribution >= 0.6 is 0 Å². The number of ether oxygens (including phenoxy) is 2. The van der Waals surface area contributed by atoms with Gasteiger partial charge in [-0.15, -0.1) is 0 Å². The molecule has 0 aliphatic carbocycles. The average molecular weight is 596 g/mol. The summed E-state index contributed by atoms with van der Waals surface area (Å²) in [5.41, 5.74) is 2.18. The molecule has 2 saturated heterocycles. The van der Waals surface area contributed by atoms with Crippen molar-refractivity contribution < 1.29 is 37.0 Å². The lowest BCUT2D eigenvalue weighted by atomic mass is 9.91. The number of alkyl halides is 3. The third-order valence-corrected chi connectivity index (χ3v) is 7.91. The van der Waals surface area contributed by atoms with Crippen LogP contribution in [0.4, 0.5) is 18.0 Å². The number of hydrogen-bond acceptors (Lipinski definition) is 6. The van der Waals surface area contributed by atoms with E-state index in [9.17, 15) is 27.6 Å². The van der Waals surface area contributed by atoms with Crippen molar-refractivity contribution in [2.45, 2.75) is 44.3 Å². The predicted octanol–water partition coefficient (Wildman–Crippen LogP) is 5.41. The normalized spacial score (nSPS) is 16.7. The number of halogens is 3. The fraction of sp³-hybridized carbons (Fsp3) is 0.344. The van der Waals surface area contributed by atoms with Crippen molar-refractivity contribution in [2.24, 2.45) is 0 Å². The number of rotatable bonds is 8. The van der Waals surface area contributed by atoms with Gasteiger partial charge in [0.25, 0.3) is 5.91 Å². The third-order valence-electron chi connectivity index (χ3n) is 7.91. The van der Waals surface area contributed by atoms with Crippen molar-refractivity contribution in [3.05, 3.63) is 106 Å². The number of likely N-dealkylation sites (tertiary alicyclic amines) is 1. The Kier molecular flexibility index (Phi) is 8.72. The highest BCUT2D eigenvalue weighted by Crippen LogP contribution is 2.35. The molecule has 11 heteroatoms. The Labute approximate surface area is 247 Å². The van der Waals surface area contributed by atoms with E-state index in [-0.39, 0.29) is 12.0 Å². The molecule has 8 nitrogen and oxygen atoms in total. The second-order valence-electron chi connectivity index (χ2n) is 10.9. The molecular formula is C32H32F3N3O5. The minimum Gasteiger partial charge on any atom is -0.465 e. The number of amides is 2. The Morgan fingerprint density at radius 2 is 1.42 bits per heavy atom. The lowest BCUT2D eigenvalue weighted by molar-refractivity contribution is -0.137. The first-order valence-electron chi connectivity index (χ1n) is 13.9. The topological polar surface area (TPSA) is 88.2 Å². The van der Waals surface area contributed by atoms with Crippen molar-refractivity contribution >= 4 is 18.0 Å².